The van der Waals surface area contributed by atoms with Gasteiger partial charge in [-0.15, -0.1) is 0 Å². The quantitative estimate of drug-likeness (QED) is 0.820. The Hall–Kier alpha value is -2.34. The number of carbonyl (C=O) groups excluding carboxylic acids is 2. The lowest BCUT2D eigenvalue weighted by Crippen LogP contribution is -2.20. The number of hydrogen-bond acceptors (Lipinski definition) is 3. The molecule has 0 aliphatic heterocycles. The van der Waals surface area contributed by atoms with Crippen molar-refractivity contribution in [2.45, 2.75) is 6.42 Å². The van der Waals surface area contributed by atoms with Gasteiger partial charge in [0.15, 0.2) is 0 Å². The molecule has 1 aliphatic carbocycles. The maximum Gasteiger partial charge on any atom is 0.228 e. The number of rotatable bonds is 5. The highest BCUT2D eigenvalue weighted by atomic mass is 79.9. The van der Waals surface area contributed by atoms with Crippen molar-refractivity contribution in [1.82, 2.24) is 0 Å². The van der Waals surface area contributed by atoms with Gasteiger partial charge in [0, 0.05) is 16.2 Å². The zero-order chi connectivity index (χ0) is 17.1. The molecule has 0 spiro atoms. The van der Waals surface area contributed by atoms with E-state index in [1.165, 1.54) is 0 Å². The van der Waals surface area contributed by atoms with Crippen molar-refractivity contribution in [2.75, 3.05) is 17.7 Å². The molecule has 0 aromatic heterocycles. The molecule has 2 aromatic rings. The molecule has 2 amide bonds. The maximum absolute atomic E-state index is 12.3. The number of ether oxygens (including phenoxy) is 1. The molecule has 5 nitrogen and oxygen atoms in total. The van der Waals surface area contributed by atoms with E-state index in [0.717, 1.165) is 4.47 Å². The van der Waals surface area contributed by atoms with Gasteiger partial charge in [-0.1, -0.05) is 18.2 Å². The van der Waals surface area contributed by atoms with Crippen molar-refractivity contribution in [3.05, 3.63) is 53.0 Å². The third kappa shape index (κ3) is 3.76. The highest BCUT2D eigenvalue weighted by Gasteiger charge is 2.48. The summed E-state index contributed by atoms with van der Waals surface area (Å²) in [5.74, 6) is -0.184. The summed E-state index contributed by atoms with van der Waals surface area (Å²) in [6, 6.07) is 14.5. The van der Waals surface area contributed by atoms with Crippen molar-refractivity contribution in [2.24, 2.45) is 11.8 Å². The molecule has 3 rings (SSSR count). The van der Waals surface area contributed by atoms with Crippen LogP contribution in [0.1, 0.15) is 6.42 Å². The fourth-order valence-electron chi connectivity index (χ4n) is 2.50. The summed E-state index contributed by atoms with van der Waals surface area (Å²) in [6.07, 6.45) is 0.562. The number of hydrogen-bond donors (Lipinski definition) is 2. The van der Waals surface area contributed by atoms with Gasteiger partial charge < -0.3 is 15.4 Å². The van der Waals surface area contributed by atoms with E-state index in [2.05, 4.69) is 26.6 Å². The fourth-order valence-corrected chi connectivity index (χ4v) is 2.88. The summed E-state index contributed by atoms with van der Waals surface area (Å²) in [4.78, 5) is 24.5. The maximum atomic E-state index is 12.3. The highest BCUT2D eigenvalue weighted by molar-refractivity contribution is 9.10. The number of nitrogens with one attached hydrogen (secondary N) is 2. The second-order valence-corrected chi connectivity index (χ2v) is 6.49. The summed E-state index contributed by atoms with van der Waals surface area (Å²) >= 11 is 3.39. The zero-order valence-electron chi connectivity index (χ0n) is 13.1. The summed E-state index contributed by atoms with van der Waals surface area (Å²) in [5, 5.41) is 5.68. The smallest absolute Gasteiger partial charge is 0.228 e. The monoisotopic (exact) mass is 388 g/mol. The zero-order valence-corrected chi connectivity index (χ0v) is 14.7. The molecule has 1 saturated carbocycles. The molecule has 0 radical (unpaired) electrons. The first-order valence-electron chi connectivity index (χ1n) is 7.59. The predicted octanol–water partition coefficient (Wildman–Crippen LogP) is 3.67. The molecule has 0 heterocycles. The molecule has 2 unspecified atom stereocenters. The number of methoxy groups -OCH3 is 1. The Morgan fingerprint density at radius 3 is 2.46 bits per heavy atom. The Labute approximate surface area is 148 Å². The number of benzene rings is 2. The second-order valence-electron chi connectivity index (χ2n) is 5.64. The molecule has 1 fully saturated rings. The first kappa shape index (κ1) is 16.5. The first-order chi connectivity index (χ1) is 11.6. The van der Waals surface area contributed by atoms with Crippen LogP contribution in [0.5, 0.6) is 5.75 Å². The van der Waals surface area contributed by atoms with Gasteiger partial charge in [0.1, 0.15) is 5.75 Å². The van der Waals surface area contributed by atoms with Gasteiger partial charge in [-0.25, -0.2) is 0 Å². The number of anilines is 2. The Kier molecular flexibility index (Phi) is 4.85. The number of amides is 2. The average Bonchev–Trinajstić information content (AvgIpc) is 3.38. The molecule has 0 bridgehead atoms. The molecule has 24 heavy (non-hydrogen) atoms. The van der Waals surface area contributed by atoms with Gasteiger partial charge in [0.05, 0.1) is 24.6 Å². The van der Waals surface area contributed by atoms with Crippen LogP contribution in [0.3, 0.4) is 0 Å². The Morgan fingerprint density at radius 2 is 1.75 bits per heavy atom. The van der Waals surface area contributed by atoms with Crippen LogP contribution in [-0.2, 0) is 9.59 Å². The lowest BCUT2D eigenvalue weighted by molar-refractivity contribution is -0.122. The van der Waals surface area contributed by atoms with E-state index in [1.807, 2.05) is 24.3 Å². The van der Waals surface area contributed by atoms with Crippen LogP contribution in [0.2, 0.25) is 0 Å². The molecule has 0 saturated heterocycles. The Bertz CT molecular complexity index is 778. The number of para-hydroxylation sites is 1. The van der Waals surface area contributed by atoms with Gasteiger partial charge in [-0.05, 0) is 46.6 Å². The van der Waals surface area contributed by atoms with E-state index in [4.69, 9.17) is 4.74 Å². The minimum atomic E-state index is -0.293. The van der Waals surface area contributed by atoms with E-state index in [0.29, 0.717) is 23.5 Å². The number of carbonyl (C=O) groups is 2. The topological polar surface area (TPSA) is 67.4 Å². The molecule has 2 atom stereocenters. The molecule has 2 aromatic carbocycles. The van der Waals surface area contributed by atoms with E-state index in [9.17, 15) is 9.59 Å². The van der Waals surface area contributed by atoms with Crippen LogP contribution in [0.15, 0.2) is 53.0 Å². The van der Waals surface area contributed by atoms with Crippen LogP contribution in [0.4, 0.5) is 11.4 Å². The number of halogens is 1. The van der Waals surface area contributed by atoms with Crippen LogP contribution in [0, 0.1) is 11.8 Å². The lowest BCUT2D eigenvalue weighted by atomic mass is 10.2. The standard InChI is InChI=1S/C18H17BrN2O3/c1-24-12-6-4-5-11(9-12)20-17(22)13-10-14(13)18(23)21-16-8-3-2-7-15(16)19/h2-9,13-14H,10H2,1H3,(H,20,22)(H,21,23). The van der Waals surface area contributed by atoms with E-state index in [-0.39, 0.29) is 23.7 Å². The van der Waals surface area contributed by atoms with Crippen molar-refractivity contribution in [1.29, 1.82) is 0 Å². The third-order valence-electron chi connectivity index (χ3n) is 3.93. The van der Waals surface area contributed by atoms with Crippen LogP contribution >= 0.6 is 15.9 Å². The first-order valence-corrected chi connectivity index (χ1v) is 8.38. The van der Waals surface area contributed by atoms with Gasteiger partial charge in [0.25, 0.3) is 0 Å². The van der Waals surface area contributed by atoms with Gasteiger partial charge in [-0.2, -0.15) is 0 Å². The molecule has 1 aliphatic rings. The van der Waals surface area contributed by atoms with Crippen molar-refractivity contribution >= 4 is 39.1 Å². The molecule has 2 N–H and O–H groups in total. The van der Waals surface area contributed by atoms with Crippen LogP contribution in [-0.4, -0.2) is 18.9 Å². The van der Waals surface area contributed by atoms with E-state index in [1.54, 1.807) is 31.4 Å². The average molecular weight is 389 g/mol. The molecule has 124 valence electrons. The third-order valence-corrected chi connectivity index (χ3v) is 4.62. The molecule has 6 heteroatoms. The predicted molar refractivity (Wildman–Crippen MR) is 96.0 cm³/mol. The minimum Gasteiger partial charge on any atom is -0.497 e. The van der Waals surface area contributed by atoms with Crippen molar-refractivity contribution in [3.8, 4) is 5.75 Å². The van der Waals surface area contributed by atoms with Gasteiger partial charge in [-0.3, -0.25) is 9.59 Å². The summed E-state index contributed by atoms with van der Waals surface area (Å²) in [7, 11) is 1.57. The second kappa shape index (κ2) is 7.05. The summed E-state index contributed by atoms with van der Waals surface area (Å²) in [5.41, 5.74) is 1.37. The summed E-state index contributed by atoms with van der Waals surface area (Å²) in [6.45, 7) is 0. The van der Waals surface area contributed by atoms with E-state index >= 15 is 0 Å². The van der Waals surface area contributed by atoms with E-state index < -0.39 is 0 Å². The van der Waals surface area contributed by atoms with Crippen molar-refractivity contribution < 1.29 is 14.3 Å². The van der Waals surface area contributed by atoms with Crippen molar-refractivity contribution in [3.63, 3.8) is 0 Å². The largest absolute Gasteiger partial charge is 0.497 e. The Morgan fingerprint density at radius 1 is 1.04 bits per heavy atom. The van der Waals surface area contributed by atoms with Gasteiger partial charge in [0.2, 0.25) is 11.8 Å². The Balaban J connectivity index is 1.57. The summed E-state index contributed by atoms with van der Waals surface area (Å²) < 4.78 is 5.95. The SMILES string of the molecule is COc1cccc(NC(=O)C2CC2C(=O)Nc2ccccc2Br)c1. The van der Waals surface area contributed by atoms with Gasteiger partial charge >= 0.3 is 0 Å². The molecular weight excluding hydrogens is 372 g/mol. The lowest BCUT2D eigenvalue weighted by Gasteiger charge is -2.08. The molecular formula is C18H17BrN2O3. The van der Waals surface area contributed by atoms with Crippen LogP contribution < -0.4 is 15.4 Å². The highest BCUT2D eigenvalue weighted by Crippen LogP contribution is 2.40. The van der Waals surface area contributed by atoms with Crippen LogP contribution in [0.25, 0.3) is 0 Å². The fraction of sp³-hybridized carbons (Fsp3) is 0.222. The normalized spacial score (nSPS) is 18.6. The minimum absolute atomic E-state index is 0.132.